The molecule has 4 nitrogen and oxygen atoms in total. The first-order valence-corrected chi connectivity index (χ1v) is 5.51. The van der Waals surface area contributed by atoms with Gasteiger partial charge in [0.15, 0.2) is 11.4 Å². The molecule has 0 bridgehead atoms. The fraction of sp³-hybridized carbons (Fsp3) is 0.417. The lowest BCUT2D eigenvalue weighted by atomic mass is 10.1. The largest absolute Gasteiger partial charge is 0.493 e. The molecule has 0 unspecified atom stereocenters. The molecule has 0 atom stereocenters. The summed E-state index contributed by atoms with van der Waals surface area (Å²) in [5.41, 5.74) is 3.44. The molecule has 2 aromatic rings. The van der Waals surface area contributed by atoms with Gasteiger partial charge in [0, 0.05) is 25.7 Å². The van der Waals surface area contributed by atoms with E-state index in [1.165, 1.54) is 11.4 Å². The van der Waals surface area contributed by atoms with Gasteiger partial charge < -0.3 is 9.64 Å². The van der Waals surface area contributed by atoms with E-state index in [-0.39, 0.29) is 0 Å². The highest BCUT2D eigenvalue weighted by atomic mass is 16.5. The van der Waals surface area contributed by atoms with Crippen LogP contribution in [0.15, 0.2) is 18.3 Å². The lowest BCUT2D eigenvalue weighted by Gasteiger charge is -2.21. The molecule has 0 saturated carbocycles. The summed E-state index contributed by atoms with van der Waals surface area (Å²) < 4.78 is 7.48. The summed E-state index contributed by atoms with van der Waals surface area (Å²) in [6, 6.07) is 3.96. The second kappa shape index (κ2) is 3.49. The molecule has 0 spiro atoms. The van der Waals surface area contributed by atoms with Gasteiger partial charge in [-0.2, -0.15) is 0 Å². The van der Waals surface area contributed by atoms with E-state index in [0.717, 1.165) is 30.9 Å². The number of ether oxygens (including phenoxy) is 1. The van der Waals surface area contributed by atoms with E-state index < -0.39 is 0 Å². The predicted octanol–water partition coefficient (Wildman–Crippen LogP) is 1.33. The molecule has 4 heteroatoms. The highest BCUT2D eigenvalue weighted by Crippen LogP contribution is 2.25. The van der Waals surface area contributed by atoms with Crippen molar-refractivity contribution in [3.63, 3.8) is 0 Å². The standard InChI is InChI=1S/C12H15N3O/c1-14-7-5-9-10(8-14)15-6-3-4-11(16-2)12(15)13-9/h3-4,6H,5,7-8H2,1-2H3. The summed E-state index contributed by atoms with van der Waals surface area (Å²) in [7, 11) is 3.83. The zero-order chi connectivity index (χ0) is 11.1. The first-order valence-electron chi connectivity index (χ1n) is 5.51. The van der Waals surface area contributed by atoms with Gasteiger partial charge >= 0.3 is 0 Å². The third kappa shape index (κ3) is 1.30. The van der Waals surface area contributed by atoms with Gasteiger partial charge in [-0.3, -0.25) is 4.40 Å². The summed E-state index contributed by atoms with van der Waals surface area (Å²) in [5, 5.41) is 0. The molecule has 0 fully saturated rings. The maximum Gasteiger partial charge on any atom is 0.180 e. The van der Waals surface area contributed by atoms with Crippen molar-refractivity contribution in [2.24, 2.45) is 0 Å². The Morgan fingerprint density at radius 3 is 3.12 bits per heavy atom. The summed E-state index contributed by atoms with van der Waals surface area (Å²) in [5.74, 6) is 0.847. The highest BCUT2D eigenvalue weighted by Gasteiger charge is 2.20. The van der Waals surface area contributed by atoms with E-state index in [4.69, 9.17) is 4.74 Å². The van der Waals surface area contributed by atoms with Crippen molar-refractivity contribution >= 4 is 5.65 Å². The molecule has 0 aromatic carbocycles. The van der Waals surface area contributed by atoms with Crippen LogP contribution in [0.5, 0.6) is 5.75 Å². The predicted molar refractivity (Wildman–Crippen MR) is 61.8 cm³/mol. The van der Waals surface area contributed by atoms with E-state index in [0.29, 0.717) is 0 Å². The molecule has 2 aromatic heterocycles. The number of pyridine rings is 1. The van der Waals surface area contributed by atoms with E-state index >= 15 is 0 Å². The van der Waals surface area contributed by atoms with Crippen LogP contribution in [0.4, 0.5) is 0 Å². The summed E-state index contributed by atoms with van der Waals surface area (Å²) in [6.45, 7) is 2.04. The first kappa shape index (κ1) is 9.66. The van der Waals surface area contributed by atoms with Gasteiger partial charge in [0.1, 0.15) is 0 Å². The average molecular weight is 217 g/mol. The number of likely N-dealkylation sites (N-methyl/N-ethyl adjacent to an activating group) is 1. The Kier molecular flexibility index (Phi) is 2.11. The van der Waals surface area contributed by atoms with Crippen LogP contribution in [-0.4, -0.2) is 35.0 Å². The van der Waals surface area contributed by atoms with Crippen molar-refractivity contribution < 1.29 is 4.74 Å². The maximum atomic E-state index is 5.34. The molecule has 0 saturated heterocycles. The Bertz CT molecular complexity index is 532. The Balaban J connectivity index is 2.25. The molecule has 3 rings (SSSR count). The second-order valence-corrected chi connectivity index (χ2v) is 4.26. The quantitative estimate of drug-likeness (QED) is 0.722. The van der Waals surface area contributed by atoms with Gasteiger partial charge in [-0.15, -0.1) is 0 Å². The van der Waals surface area contributed by atoms with Gasteiger partial charge in [-0.1, -0.05) is 0 Å². The minimum atomic E-state index is 0.847. The van der Waals surface area contributed by atoms with Gasteiger partial charge in [0.2, 0.25) is 0 Å². The van der Waals surface area contributed by atoms with E-state index in [1.807, 2.05) is 12.1 Å². The van der Waals surface area contributed by atoms with Crippen molar-refractivity contribution in [1.82, 2.24) is 14.3 Å². The number of rotatable bonds is 1. The molecule has 84 valence electrons. The second-order valence-electron chi connectivity index (χ2n) is 4.26. The smallest absolute Gasteiger partial charge is 0.180 e. The molecule has 1 aliphatic heterocycles. The Morgan fingerprint density at radius 1 is 1.44 bits per heavy atom. The lowest BCUT2D eigenvalue weighted by Crippen LogP contribution is -2.27. The van der Waals surface area contributed by atoms with Crippen molar-refractivity contribution in [3.05, 3.63) is 29.7 Å². The fourth-order valence-corrected chi connectivity index (χ4v) is 2.30. The van der Waals surface area contributed by atoms with Crippen LogP contribution in [0.3, 0.4) is 0 Å². The molecule has 3 heterocycles. The number of hydrogen-bond donors (Lipinski definition) is 0. The van der Waals surface area contributed by atoms with E-state index in [2.05, 4.69) is 27.5 Å². The van der Waals surface area contributed by atoms with Gasteiger partial charge in [-0.05, 0) is 19.2 Å². The van der Waals surface area contributed by atoms with E-state index in [9.17, 15) is 0 Å². The summed E-state index contributed by atoms with van der Waals surface area (Å²) in [6.07, 6.45) is 3.08. The first-order chi connectivity index (χ1) is 7.79. The SMILES string of the molecule is COc1cccn2c3c(nc12)CCN(C)C3. The topological polar surface area (TPSA) is 29.8 Å². The third-order valence-corrected chi connectivity index (χ3v) is 3.17. The fourth-order valence-electron chi connectivity index (χ4n) is 2.30. The summed E-state index contributed by atoms with van der Waals surface area (Å²) in [4.78, 5) is 6.99. The third-order valence-electron chi connectivity index (χ3n) is 3.17. The average Bonchev–Trinajstić information content (AvgIpc) is 2.67. The molecular weight excluding hydrogens is 202 g/mol. The zero-order valence-corrected chi connectivity index (χ0v) is 9.60. The van der Waals surface area contributed by atoms with Gasteiger partial charge in [-0.25, -0.2) is 4.98 Å². The number of hydrogen-bond acceptors (Lipinski definition) is 3. The van der Waals surface area contributed by atoms with Crippen molar-refractivity contribution in [2.45, 2.75) is 13.0 Å². The van der Waals surface area contributed by atoms with E-state index in [1.54, 1.807) is 7.11 Å². The molecule has 1 aliphatic rings. The van der Waals surface area contributed by atoms with Gasteiger partial charge in [0.05, 0.1) is 18.5 Å². The maximum absolute atomic E-state index is 5.34. The highest BCUT2D eigenvalue weighted by molar-refractivity contribution is 5.56. The summed E-state index contributed by atoms with van der Waals surface area (Å²) >= 11 is 0. The molecule has 0 amide bonds. The number of fused-ring (bicyclic) bond motifs is 3. The van der Waals surface area contributed by atoms with Crippen LogP contribution in [0.2, 0.25) is 0 Å². The molecule has 0 N–H and O–H groups in total. The lowest BCUT2D eigenvalue weighted by molar-refractivity contribution is 0.306. The van der Waals surface area contributed by atoms with Crippen LogP contribution >= 0.6 is 0 Å². The molecule has 16 heavy (non-hydrogen) atoms. The monoisotopic (exact) mass is 217 g/mol. The van der Waals surface area contributed by atoms with Crippen LogP contribution < -0.4 is 4.74 Å². The normalized spacial score (nSPS) is 16.4. The number of nitrogens with zero attached hydrogens (tertiary/aromatic N) is 3. The Labute approximate surface area is 94.5 Å². The number of aromatic nitrogens is 2. The minimum Gasteiger partial charge on any atom is -0.493 e. The Hall–Kier alpha value is -1.55. The Morgan fingerprint density at radius 2 is 2.31 bits per heavy atom. The van der Waals surface area contributed by atoms with Crippen LogP contribution in [0, 0.1) is 0 Å². The van der Waals surface area contributed by atoms with Crippen LogP contribution in [-0.2, 0) is 13.0 Å². The van der Waals surface area contributed by atoms with Crippen molar-refractivity contribution in [2.75, 3.05) is 20.7 Å². The van der Waals surface area contributed by atoms with Crippen LogP contribution in [0.25, 0.3) is 5.65 Å². The molecular formula is C12H15N3O. The van der Waals surface area contributed by atoms with Crippen molar-refractivity contribution in [1.29, 1.82) is 0 Å². The van der Waals surface area contributed by atoms with Crippen molar-refractivity contribution in [3.8, 4) is 5.75 Å². The molecule has 0 radical (unpaired) electrons. The zero-order valence-electron chi connectivity index (χ0n) is 9.60. The van der Waals surface area contributed by atoms with Gasteiger partial charge in [0.25, 0.3) is 0 Å². The minimum absolute atomic E-state index is 0.847. The molecule has 0 aliphatic carbocycles. The number of imidazole rings is 1. The van der Waals surface area contributed by atoms with Crippen LogP contribution in [0.1, 0.15) is 11.4 Å². The number of methoxy groups -OCH3 is 1.